The average Bonchev–Trinajstić information content (AvgIpc) is 2.58. The number of hydrogen-bond acceptors (Lipinski definition) is 3. The lowest BCUT2D eigenvalue weighted by molar-refractivity contribution is -0.136. The van der Waals surface area contributed by atoms with Gasteiger partial charge in [0.05, 0.1) is 18.2 Å². The van der Waals surface area contributed by atoms with Gasteiger partial charge >= 0.3 is 5.97 Å². The van der Waals surface area contributed by atoms with Crippen LogP contribution in [-0.2, 0) is 11.2 Å². The Bertz CT molecular complexity index is 445. The van der Waals surface area contributed by atoms with E-state index in [1.54, 1.807) is 0 Å². The molecule has 0 atom stereocenters. The Morgan fingerprint density at radius 2 is 2.00 bits per heavy atom. The standard InChI is InChI=1S/C13H21N3O2/c1-9-12(8-13(17)18)10(2)16(14-9)11-4-6-15(3)7-5-11/h11H,4-8H2,1-3H3,(H,17,18). The molecule has 1 aromatic heterocycles. The molecule has 0 aliphatic carbocycles. The summed E-state index contributed by atoms with van der Waals surface area (Å²) in [5, 5.41) is 13.5. The second-order valence-electron chi connectivity index (χ2n) is 5.20. The summed E-state index contributed by atoms with van der Waals surface area (Å²) in [6.07, 6.45) is 2.25. The van der Waals surface area contributed by atoms with Gasteiger partial charge in [-0.25, -0.2) is 0 Å². The van der Waals surface area contributed by atoms with Crippen LogP contribution < -0.4 is 0 Å². The summed E-state index contributed by atoms with van der Waals surface area (Å²) in [4.78, 5) is 13.2. The lowest BCUT2D eigenvalue weighted by Gasteiger charge is -2.29. The molecule has 100 valence electrons. The number of carboxylic acid groups (broad SMARTS) is 1. The third kappa shape index (κ3) is 2.56. The molecule has 0 spiro atoms. The van der Waals surface area contributed by atoms with Gasteiger partial charge in [-0.1, -0.05) is 0 Å². The van der Waals surface area contributed by atoms with Crippen LogP contribution in [0.5, 0.6) is 0 Å². The Balaban J connectivity index is 2.21. The summed E-state index contributed by atoms with van der Waals surface area (Å²) in [5.74, 6) is -0.788. The number of hydrogen-bond donors (Lipinski definition) is 1. The molecule has 18 heavy (non-hydrogen) atoms. The molecule has 2 heterocycles. The van der Waals surface area contributed by atoms with Crippen LogP contribution in [0, 0.1) is 13.8 Å². The minimum Gasteiger partial charge on any atom is -0.481 e. The molecular formula is C13H21N3O2. The van der Waals surface area contributed by atoms with Crippen molar-refractivity contribution in [1.29, 1.82) is 0 Å². The molecule has 1 aliphatic heterocycles. The monoisotopic (exact) mass is 251 g/mol. The maximum Gasteiger partial charge on any atom is 0.307 e. The molecule has 1 aliphatic rings. The van der Waals surface area contributed by atoms with Gasteiger partial charge in [0, 0.05) is 11.3 Å². The van der Waals surface area contributed by atoms with E-state index >= 15 is 0 Å². The fraction of sp³-hybridized carbons (Fsp3) is 0.692. The van der Waals surface area contributed by atoms with Crippen molar-refractivity contribution in [3.05, 3.63) is 17.0 Å². The predicted octanol–water partition coefficient (Wildman–Crippen LogP) is 1.39. The minimum absolute atomic E-state index is 0.0737. The average molecular weight is 251 g/mol. The first-order valence-corrected chi connectivity index (χ1v) is 6.44. The molecule has 0 unspecified atom stereocenters. The van der Waals surface area contributed by atoms with Crippen molar-refractivity contribution in [1.82, 2.24) is 14.7 Å². The largest absolute Gasteiger partial charge is 0.481 e. The van der Waals surface area contributed by atoms with Crippen molar-refractivity contribution in [3.63, 3.8) is 0 Å². The molecule has 5 nitrogen and oxygen atoms in total. The third-order valence-corrected chi connectivity index (χ3v) is 3.84. The van der Waals surface area contributed by atoms with E-state index in [1.165, 1.54) is 0 Å². The maximum atomic E-state index is 10.9. The Hall–Kier alpha value is -1.36. The highest BCUT2D eigenvalue weighted by atomic mass is 16.4. The summed E-state index contributed by atoms with van der Waals surface area (Å²) in [7, 11) is 2.13. The van der Waals surface area contributed by atoms with Crippen LogP contribution >= 0.6 is 0 Å². The minimum atomic E-state index is -0.788. The second kappa shape index (κ2) is 5.10. The molecule has 2 rings (SSSR count). The highest BCUT2D eigenvalue weighted by molar-refractivity contribution is 5.70. The van der Waals surface area contributed by atoms with Crippen LogP contribution in [0.25, 0.3) is 0 Å². The summed E-state index contributed by atoms with van der Waals surface area (Å²) in [6, 6.07) is 0.419. The van der Waals surface area contributed by atoms with Crippen LogP contribution in [0.1, 0.15) is 35.8 Å². The van der Waals surface area contributed by atoms with E-state index in [0.29, 0.717) is 6.04 Å². The molecule has 0 radical (unpaired) electrons. The first-order chi connectivity index (χ1) is 8.49. The molecule has 5 heteroatoms. The molecule has 0 bridgehead atoms. The third-order valence-electron chi connectivity index (χ3n) is 3.84. The van der Waals surface area contributed by atoms with E-state index < -0.39 is 5.97 Å². The number of rotatable bonds is 3. The number of carboxylic acids is 1. The van der Waals surface area contributed by atoms with Crippen LogP contribution in [0.2, 0.25) is 0 Å². The summed E-state index contributed by atoms with van der Waals surface area (Å²) < 4.78 is 2.04. The lowest BCUT2D eigenvalue weighted by Crippen LogP contribution is -2.32. The predicted molar refractivity (Wildman–Crippen MR) is 68.8 cm³/mol. The normalized spacial score (nSPS) is 18.2. The van der Waals surface area contributed by atoms with Crippen LogP contribution in [0.3, 0.4) is 0 Å². The molecule has 1 aromatic rings. The molecule has 1 saturated heterocycles. The number of aromatic nitrogens is 2. The van der Waals surface area contributed by atoms with Gasteiger partial charge in [0.15, 0.2) is 0 Å². The van der Waals surface area contributed by atoms with E-state index in [9.17, 15) is 4.79 Å². The van der Waals surface area contributed by atoms with Crippen molar-refractivity contribution < 1.29 is 9.90 Å². The van der Waals surface area contributed by atoms with Crippen LogP contribution in [-0.4, -0.2) is 45.9 Å². The Morgan fingerprint density at radius 1 is 1.39 bits per heavy atom. The Labute approximate surface area is 107 Å². The number of aliphatic carboxylic acids is 1. The van der Waals surface area contributed by atoms with Gasteiger partial charge in [-0.15, -0.1) is 0 Å². The molecular weight excluding hydrogens is 230 g/mol. The zero-order chi connectivity index (χ0) is 13.3. The zero-order valence-corrected chi connectivity index (χ0v) is 11.3. The van der Waals surface area contributed by atoms with E-state index in [0.717, 1.165) is 42.9 Å². The second-order valence-corrected chi connectivity index (χ2v) is 5.20. The fourth-order valence-electron chi connectivity index (χ4n) is 2.70. The van der Waals surface area contributed by atoms with Gasteiger partial charge < -0.3 is 10.0 Å². The van der Waals surface area contributed by atoms with E-state index in [-0.39, 0.29) is 6.42 Å². The summed E-state index contributed by atoms with van der Waals surface area (Å²) in [5.41, 5.74) is 2.75. The topological polar surface area (TPSA) is 58.4 Å². The van der Waals surface area contributed by atoms with Gasteiger partial charge in [-0.3, -0.25) is 9.48 Å². The quantitative estimate of drug-likeness (QED) is 0.882. The highest BCUT2D eigenvalue weighted by Gasteiger charge is 2.23. The van der Waals surface area contributed by atoms with Crippen molar-refractivity contribution in [2.75, 3.05) is 20.1 Å². The smallest absolute Gasteiger partial charge is 0.307 e. The molecule has 1 N–H and O–H groups in total. The fourth-order valence-corrected chi connectivity index (χ4v) is 2.70. The first-order valence-electron chi connectivity index (χ1n) is 6.44. The summed E-state index contributed by atoms with van der Waals surface area (Å²) >= 11 is 0. The van der Waals surface area contributed by atoms with Crippen LogP contribution in [0.4, 0.5) is 0 Å². The Morgan fingerprint density at radius 3 is 2.56 bits per heavy atom. The van der Waals surface area contributed by atoms with Crippen molar-refractivity contribution in [2.45, 2.75) is 39.2 Å². The van der Waals surface area contributed by atoms with Gasteiger partial charge in [0.25, 0.3) is 0 Å². The number of nitrogens with zero attached hydrogens (tertiary/aromatic N) is 3. The van der Waals surface area contributed by atoms with Crippen molar-refractivity contribution in [2.24, 2.45) is 0 Å². The van der Waals surface area contributed by atoms with Crippen molar-refractivity contribution >= 4 is 5.97 Å². The van der Waals surface area contributed by atoms with E-state index in [2.05, 4.69) is 17.0 Å². The molecule has 0 amide bonds. The van der Waals surface area contributed by atoms with E-state index in [4.69, 9.17) is 5.11 Å². The first kappa shape index (κ1) is 13.1. The molecule has 0 aromatic carbocycles. The number of aryl methyl sites for hydroxylation is 1. The highest BCUT2D eigenvalue weighted by Crippen LogP contribution is 2.25. The number of piperidine rings is 1. The number of carbonyl (C=O) groups is 1. The van der Waals surface area contributed by atoms with Gasteiger partial charge in [-0.05, 0) is 46.8 Å². The maximum absolute atomic E-state index is 10.9. The molecule has 0 saturated carbocycles. The summed E-state index contributed by atoms with van der Waals surface area (Å²) in [6.45, 7) is 6.04. The van der Waals surface area contributed by atoms with Gasteiger partial charge in [0.2, 0.25) is 0 Å². The SMILES string of the molecule is Cc1nn(C2CCN(C)CC2)c(C)c1CC(=O)O. The molecule has 1 fully saturated rings. The lowest BCUT2D eigenvalue weighted by atomic mass is 10.0. The van der Waals surface area contributed by atoms with Crippen LogP contribution in [0.15, 0.2) is 0 Å². The van der Waals surface area contributed by atoms with Gasteiger partial charge in [-0.2, -0.15) is 5.10 Å². The Kier molecular flexibility index (Phi) is 3.71. The zero-order valence-electron chi connectivity index (χ0n) is 11.3. The van der Waals surface area contributed by atoms with Crippen molar-refractivity contribution in [3.8, 4) is 0 Å². The number of likely N-dealkylation sites (tertiary alicyclic amines) is 1. The van der Waals surface area contributed by atoms with E-state index in [1.807, 2.05) is 18.5 Å². The van der Waals surface area contributed by atoms with Gasteiger partial charge in [0.1, 0.15) is 0 Å².